The monoisotopic (exact) mass is 311 g/mol. The predicted octanol–water partition coefficient (Wildman–Crippen LogP) is 4.90. The highest BCUT2D eigenvalue weighted by atomic mass is 16.1. The van der Waals surface area contributed by atoms with E-state index in [0.717, 1.165) is 31.1 Å². The van der Waals surface area contributed by atoms with E-state index in [1.165, 1.54) is 31.3 Å². The topological polar surface area (TPSA) is 40.9 Å². The SMILES string of the molecule is C[C@@H]1C[C@@H]2[C@H](CC[C@@]3(C)[C@H]2CC[C@]3(C)C#N)[C@H]2CCC(=O)C=C12. The molecule has 0 aromatic carbocycles. The minimum absolute atomic E-state index is 0.134. The van der Waals surface area contributed by atoms with Crippen LogP contribution in [0.2, 0.25) is 0 Å². The summed E-state index contributed by atoms with van der Waals surface area (Å²) in [5, 5.41) is 9.80. The van der Waals surface area contributed by atoms with E-state index in [9.17, 15) is 10.1 Å². The van der Waals surface area contributed by atoms with Crippen molar-refractivity contribution in [3.8, 4) is 6.07 Å². The van der Waals surface area contributed by atoms with Crippen LogP contribution in [0, 0.1) is 51.8 Å². The predicted molar refractivity (Wildman–Crippen MR) is 90.4 cm³/mol. The number of carbonyl (C=O) groups is 1. The average molecular weight is 311 g/mol. The number of fused-ring (bicyclic) bond motifs is 5. The zero-order chi connectivity index (χ0) is 16.4. The number of hydrogen-bond donors (Lipinski definition) is 0. The zero-order valence-electron chi connectivity index (χ0n) is 14.8. The molecule has 0 aromatic rings. The third kappa shape index (κ3) is 1.95. The minimum atomic E-state index is -0.134. The summed E-state index contributed by atoms with van der Waals surface area (Å²) in [6, 6.07) is 2.69. The summed E-state index contributed by atoms with van der Waals surface area (Å²) >= 11 is 0. The summed E-state index contributed by atoms with van der Waals surface area (Å²) in [5.74, 6) is 3.81. The van der Waals surface area contributed by atoms with Crippen molar-refractivity contribution in [1.29, 1.82) is 5.26 Å². The van der Waals surface area contributed by atoms with Gasteiger partial charge in [0, 0.05) is 6.42 Å². The molecular weight excluding hydrogens is 282 g/mol. The average Bonchev–Trinajstić information content (AvgIpc) is 2.80. The van der Waals surface area contributed by atoms with Crippen molar-refractivity contribution in [2.75, 3.05) is 0 Å². The second kappa shape index (κ2) is 4.95. The Hall–Kier alpha value is -1.10. The molecule has 4 aliphatic carbocycles. The molecule has 4 rings (SSSR count). The molecule has 3 saturated carbocycles. The number of nitriles is 1. The molecule has 0 aromatic heterocycles. The molecule has 4 aliphatic rings. The molecule has 23 heavy (non-hydrogen) atoms. The lowest BCUT2D eigenvalue weighted by molar-refractivity contribution is -0.116. The lowest BCUT2D eigenvalue weighted by Crippen LogP contribution is -2.50. The third-order valence-corrected chi connectivity index (χ3v) is 8.51. The molecule has 0 heterocycles. The fourth-order valence-electron chi connectivity index (χ4n) is 6.95. The first-order valence-electron chi connectivity index (χ1n) is 9.55. The van der Waals surface area contributed by atoms with Gasteiger partial charge in [-0.2, -0.15) is 5.26 Å². The van der Waals surface area contributed by atoms with Gasteiger partial charge in [-0.05, 0) is 86.5 Å². The molecule has 2 heteroatoms. The molecule has 0 amide bonds. The van der Waals surface area contributed by atoms with E-state index in [-0.39, 0.29) is 10.8 Å². The van der Waals surface area contributed by atoms with Crippen molar-refractivity contribution in [3.63, 3.8) is 0 Å². The van der Waals surface area contributed by atoms with Gasteiger partial charge in [0.15, 0.2) is 5.78 Å². The second-order valence-electron chi connectivity index (χ2n) is 9.27. The lowest BCUT2D eigenvalue weighted by Gasteiger charge is -2.56. The highest BCUT2D eigenvalue weighted by Gasteiger charge is 2.61. The van der Waals surface area contributed by atoms with Crippen LogP contribution >= 0.6 is 0 Å². The minimum Gasteiger partial charge on any atom is -0.295 e. The van der Waals surface area contributed by atoms with Crippen LogP contribution in [0.15, 0.2) is 11.6 Å². The highest BCUT2D eigenvalue weighted by molar-refractivity contribution is 5.91. The third-order valence-electron chi connectivity index (χ3n) is 8.51. The fraction of sp³-hybridized carbons (Fsp3) is 0.810. The Labute approximate surface area is 140 Å². The van der Waals surface area contributed by atoms with Crippen molar-refractivity contribution in [2.24, 2.45) is 40.4 Å². The van der Waals surface area contributed by atoms with Gasteiger partial charge in [0.05, 0.1) is 11.5 Å². The number of rotatable bonds is 0. The van der Waals surface area contributed by atoms with Crippen molar-refractivity contribution in [1.82, 2.24) is 0 Å². The first-order valence-corrected chi connectivity index (χ1v) is 9.55. The number of nitrogens with zero attached hydrogens (tertiary/aromatic N) is 1. The Morgan fingerprint density at radius 3 is 2.70 bits per heavy atom. The number of carbonyl (C=O) groups excluding carboxylic acids is 1. The molecule has 0 unspecified atom stereocenters. The smallest absolute Gasteiger partial charge is 0.155 e. The Morgan fingerprint density at radius 1 is 1.17 bits per heavy atom. The van der Waals surface area contributed by atoms with E-state index in [4.69, 9.17) is 0 Å². The zero-order valence-corrected chi connectivity index (χ0v) is 14.8. The number of ketones is 1. The maximum atomic E-state index is 11.9. The van der Waals surface area contributed by atoms with Crippen molar-refractivity contribution in [2.45, 2.75) is 65.7 Å². The maximum absolute atomic E-state index is 11.9. The van der Waals surface area contributed by atoms with Gasteiger partial charge in [-0.15, -0.1) is 0 Å². The van der Waals surface area contributed by atoms with E-state index < -0.39 is 0 Å². The first-order chi connectivity index (χ1) is 10.9. The van der Waals surface area contributed by atoms with E-state index in [1.54, 1.807) is 0 Å². The van der Waals surface area contributed by atoms with Crippen LogP contribution in [0.25, 0.3) is 0 Å². The summed E-state index contributed by atoms with van der Waals surface area (Å²) in [6.07, 6.45) is 9.84. The van der Waals surface area contributed by atoms with Gasteiger partial charge in [-0.1, -0.05) is 19.4 Å². The fourth-order valence-corrected chi connectivity index (χ4v) is 6.95. The number of hydrogen-bond acceptors (Lipinski definition) is 2. The van der Waals surface area contributed by atoms with Gasteiger partial charge in [0.1, 0.15) is 0 Å². The van der Waals surface area contributed by atoms with Crippen molar-refractivity contribution >= 4 is 5.78 Å². The molecule has 0 bridgehead atoms. The summed E-state index contributed by atoms with van der Waals surface area (Å²) in [4.78, 5) is 11.9. The highest BCUT2D eigenvalue weighted by Crippen LogP contribution is 2.67. The van der Waals surface area contributed by atoms with Gasteiger partial charge in [0.2, 0.25) is 0 Å². The van der Waals surface area contributed by atoms with Crippen LogP contribution in [-0.2, 0) is 4.79 Å². The van der Waals surface area contributed by atoms with Gasteiger partial charge in [0.25, 0.3) is 0 Å². The van der Waals surface area contributed by atoms with Crippen LogP contribution in [0.5, 0.6) is 0 Å². The van der Waals surface area contributed by atoms with Crippen LogP contribution in [-0.4, -0.2) is 5.78 Å². The second-order valence-corrected chi connectivity index (χ2v) is 9.27. The molecule has 2 nitrogen and oxygen atoms in total. The first kappa shape index (κ1) is 15.4. The van der Waals surface area contributed by atoms with Crippen molar-refractivity contribution in [3.05, 3.63) is 11.6 Å². The lowest BCUT2D eigenvalue weighted by atomic mass is 9.48. The summed E-state index contributed by atoms with van der Waals surface area (Å²) in [7, 11) is 0. The molecule has 7 atom stereocenters. The molecule has 0 spiro atoms. The summed E-state index contributed by atoms with van der Waals surface area (Å²) < 4.78 is 0. The van der Waals surface area contributed by atoms with Crippen LogP contribution in [0.4, 0.5) is 0 Å². The van der Waals surface area contributed by atoms with E-state index in [1.807, 2.05) is 6.08 Å². The molecular formula is C21H29NO. The molecule has 0 radical (unpaired) electrons. The van der Waals surface area contributed by atoms with E-state index in [2.05, 4.69) is 26.8 Å². The Kier molecular flexibility index (Phi) is 3.32. The summed E-state index contributed by atoms with van der Waals surface area (Å²) in [6.45, 7) is 6.95. The number of allylic oxidation sites excluding steroid dienone is 1. The molecule has 124 valence electrons. The van der Waals surface area contributed by atoms with Gasteiger partial charge >= 0.3 is 0 Å². The standard InChI is InChI=1S/C21H29NO/c1-13-10-18-16(15-5-4-14(23)11-17(13)15)6-9-21(3)19(18)7-8-20(21,2)12-22/h11,13,15-16,18-19H,4-10H2,1-3H3/t13-,15-,16-,18-,19+,20-,21+/m1/s1. The Bertz CT molecular complexity index is 614. The van der Waals surface area contributed by atoms with Gasteiger partial charge in [-0.3, -0.25) is 4.79 Å². The molecule has 3 fully saturated rings. The molecule has 0 N–H and O–H groups in total. The van der Waals surface area contributed by atoms with Gasteiger partial charge < -0.3 is 0 Å². The van der Waals surface area contributed by atoms with Crippen LogP contribution < -0.4 is 0 Å². The van der Waals surface area contributed by atoms with E-state index >= 15 is 0 Å². The maximum Gasteiger partial charge on any atom is 0.155 e. The Balaban J connectivity index is 1.69. The quantitative estimate of drug-likeness (QED) is 0.638. The van der Waals surface area contributed by atoms with Gasteiger partial charge in [-0.25, -0.2) is 0 Å². The summed E-state index contributed by atoms with van der Waals surface area (Å²) in [5.41, 5.74) is 1.53. The normalized spacial score (nSPS) is 52.0. The van der Waals surface area contributed by atoms with Crippen LogP contribution in [0.3, 0.4) is 0 Å². The molecule has 0 saturated heterocycles. The van der Waals surface area contributed by atoms with Crippen LogP contribution in [0.1, 0.15) is 65.7 Å². The Morgan fingerprint density at radius 2 is 1.96 bits per heavy atom. The van der Waals surface area contributed by atoms with E-state index in [0.29, 0.717) is 23.5 Å². The molecule has 0 aliphatic heterocycles. The largest absolute Gasteiger partial charge is 0.295 e. The van der Waals surface area contributed by atoms with Crippen molar-refractivity contribution < 1.29 is 4.79 Å².